The zero-order valence-electron chi connectivity index (χ0n) is 8.54. The van der Waals surface area contributed by atoms with Gasteiger partial charge in [0.15, 0.2) is 0 Å². The molecular formula is C10H16Cl2N2S. The van der Waals surface area contributed by atoms with E-state index in [0.717, 1.165) is 30.5 Å². The minimum Gasteiger partial charge on any atom is -0.315 e. The van der Waals surface area contributed by atoms with Crippen molar-refractivity contribution in [3.63, 3.8) is 0 Å². The molecule has 1 N–H and O–H groups in total. The summed E-state index contributed by atoms with van der Waals surface area (Å²) in [5.41, 5.74) is 1.28. The molecule has 1 saturated heterocycles. The van der Waals surface area contributed by atoms with Gasteiger partial charge in [0.25, 0.3) is 0 Å². The van der Waals surface area contributed by atoms with Crippen molar-refractivity contribution < 1.29 is 0 Å². The average Bonchev–Trinajstić information content (AvgIpc) is 2.44. The number of halogens is 2. The third-order valence-corrected chi connectivity index (χ3v) is 3.77. The Kier molecular flexibility index (Phi) is 5.94. The normalized spacial score (nSPS) is 18.2. The molecule has 1 aromatic rings. The van der Waals surface area contributed by atoms with Crippen LogP contribution < -0.4 is 5.32 Å². The summed E-state index contributed by atoms with van der Waals surface area (Å²) in [5, 5.41) is 5.46. The van der Waals surface area contributed by atoms with Gasteiger partial charge in [-0.05, 0) is 36.5 Å². The summed E-state index contributed by atoms with van der Waals surface area (Å²) in [6.07, 6.45) is 1.24. The van der Waals surface area contributed by atoms with Crippen molar-refractivity contribution in [2.75, 3.05) is 26.2 Å². The lowest BCUT2D eigenvalue weighted by Gasteiger charge is -2.18. The summed E-state index contributed by atoms with van der Waals surface area (Å²) in [7, 11) is 0. The highest BCUT2D eigenvalue weighted by Gasteiger charge is 2.10. The number of thiophene rings is 1. The summed E-state index contributed by atoms with van der Waals surface area (Å²) in [5.74, 6) is 0. The number of rotatable bonds is 2. The molecule has 5 heteroatoms. The van der Waals surface area contributed by atoms with Crippen LogP contribution in [0, 0.1) is 0 Å². The van der Waals surface area contributed by atoms with Crippen molar-refractivity contribution in [3.8, 4) is 0 Å². The SMILES string of the molecule is Cl.Clc1sccc1CN1CCCNCC1. The van der Waals surface area contributed by atoms with Crippen molar-refractivity contribution in [3.05, 3.63) is 21.3 Å². The van der Waals surface area contributed by atoms with Gasteiger partial charge in [0.2, 0.25) is 0 Å². The van der Waals surface area contributed by atoms with E-state index >= 15 is 0 Å². The molecule has 1 fully saturated rings. The number of nitrogens with zero attached hydrogens (tertiary/aromatic N) is 1. The van der Waals surface area contributed by atoms with Gasteiger partial charge >= 0.3 is 0 Å². The van der Waals surface area contributed by atoms with Crippen LogP contribution in [0.2, 0.25) is 4.34 Å². The van der Waals surface area contributed by atoms with Crippen LogP contribution in [0.5, 0.6) is 0 Å². The Labute approximate surface area is 106 Å². The van der Waals surface area contributed by atoms with E-state index in [1.807, 2.05) is 0 Å². The van der Waals surface area contributed by atoms with Crippen LogP contribution in [0.3, 0.4) is 0 Å². The first-order valence-electron chi connectivity index (χ1n) is 5.01. The Morgan fingerprint density at radius 1 is 1.40 bits per heavy atom. The molecule has 2 heterocycles. The zero-order chi connectivity index (χ0) is 9.80. The van der Waals surface area contributed by atoms with Crippen molar-refractivity contribution in [1.29, 1.82) is 0 Å². The Bertz CT molecular complexity index is 283. The van der Waals surface area contributed by atoms with E-state index < -0.39 is 0 Å². The second-order valence-electron chi connectivity index (χ2n) is 3.60. The van der Waals surface area contributed by atoms with Gasteiger partial charge in [-0.15, -0.1) is 23.7 Å². The predicted octanol–water partition coefficient (Wildman–Crippen LogP) is 2.62. The Balaban J connectivity index is 0.00000112. The maximum atomic E-state index is 6.08. The van der Waals surface area contributed by atoms with E-state index in [1.165, 1.54) is 18.5 Å². The van der Waals surface area contributed by atoms with Gasteiger partial charge in [0, 0.05) is 19.6 Å². The van der Waals surface area contributed by atoms with Crippen LogP contribution in [-0.2, 0) is 6.54 Å². The quantitative estimate of drug-likeness (QED) is 0.886. The summed E-state index contributed by atoms with van der Waals surface area (Å²) in [6.45, 7) is 5.56. The first-order valence-corrected chi connectivity index (χ1v) is 6.27. The molecule has 0 saturated carbocycles. The minimum atomic E-state index is 0. The van der Waals surface area contributed by atoms with Crippen LogP contribution in [-0.4, -0.2) is 31.1 Å². The highest BCUT2D eigenvalue weighted by Crippen LogP contribution is 2.24. The van der Waals surface area contributed by atoms with Crippen molar-refractivity contribution in [2.45, 2.75) is 13.0 Å². The fraction of sp³-hybridized carbons (Fsp3) is 0.600. The molecule has 2 nitrogen and oxygen atoms in total. The monoisotopic (exact) mass is 266 g/mol. The van der Waals surface area contributed by atoms with Gasteiger partial charge in [-0.1, -0.05) is 11.6 Å². The van der Waals surface area contributed by atoms with Crippen LogP contribution >= 0.6 is 35.3 Å². The second kappa shape index (κ2) is 6.71. The molecule has 2 rings (SSSR count). The lowest BCUT2D eigenvalue weighted by molar-refractivity contribution is 0.285. The van der Waals surface area contributed by atoms with E-state index in [-0.39, 0.29) is 12.4 Å². The summed E-state index contributed by atoms with van der Waals surface area (Å²) < 4.78 is 0.946. The fourth-order valence-electron chi connectivity index (χ4n) is 1.73. The first-order chi connectivity index (χ1) is 6.86. The Morgan fingerprint density at radius 2 is 2.27 bits per heavy atom. The van der Waals surface area contributed by atoms with Crippen LogP contribution in [0.15, 0.2) is 11.4 Å². The molecule has 15 heavy (non-hydrogen) atoms. The molecular weight excluding hydrogens is 251 g/mol. The summed E-state index contributed by atoms with van der Waals surface area (Å²) in [6, 6.07) is 2.13. The molecule has 0 aromatic carbocycles. The molecule has 0 amide bonds. The maximum Gasteiger partial charge on any atom is 0.0973 e. The maximum absolute atomic E-state index is 6.08. The van der Waals surface area contributed by atoms with Gasteiger partial charge in [-0.25, -0.2) is 0 Å². The number of hydrogen-bond acceptors (Lipinski definition) is 3. The summed E-state index contributed by atoms with van der Waals surface area (Å²) >= 11 is 7.70. The predicted molar refractivity (Wildman–Crippen MR) is 69.3 cm³/mol. The number of nitrogens with one attached hydrogen (secondary N) is 1. The fourth-order valence-corrected chi connectivity index (χ4v) is 2.65. The van der Waals surface area contributed by atoms with E-state index in [0.29, 0.717) is 0 Å². The van der Waals surface area contributed by atoms with Crippen molar-refractivity contribution >= 4 is 35.3 Å². The molecule has 0 bridgehead atoms. The van der Waals surface area contributed by atoms with Gasteiger partial charge in [0.1, 0.15) is 0 Å². The molecule has 0 unspecified atom stereocenters. The van der Waals surface area contributed by atoms with Crippen molar-refractivity contribution in [2.24, 2.45) is 0 Å². The van der Waals surface area contributed by atoms with E-state index in [4.69, 9.17) is 11.6 Å². The third kappa shape index (κ3) is 3.93. The van der Waals surface area contributed by atoms with E-state index in [2.05, 4.69) is 21.7 Å². The largest absolute Gasteiger partial charge is 0.315 e. The molecule has 86 valence electrons. The molecule has 0 aliphatic carbocycles. The van der Waals surface area contributed by atoms with Crippen molar-refractivity contribution in [1.82, 2.24) is 10.2 Å². The molecule has 0 spiro atoms. The molecule has 0 radical (unpaired) electrons. The topological polar surface area (TPSA) is 15.3 Å². The smallest absolute Gasteiger partial charge is 0.0973 e. The Morgan fingerprint density at radius 3 is 3.00 bits per heavy atom. The highest BCUT2D eigenvalue weighted by molar-refractivity contribution is 7.14. The standard InChI is InChI=1S/C10H15ClN2S.ClH/c11-10-9(2-7-14-10)8-13-5-1-3-12-4-6-13;/h2,7,12H,1,3-6,8H2;1H. The van der Waals surface area contributed by atoms with E-state index in [9.17, 15) is 0 Å². The highest BCUT2D eigenvalue weighted by atomic mass is 35.5. The third-order valence-electron chi connectivity index (χ3n) is 2.52. The van der Waals surface area contributed by atoms with E-state index in [1.54, 1.807) is 11.3 Å². The number of hydrogen-bond donors (Lipinski definition) is 1. The van der Waals surface area contributed by atoms with Crippen LogP contribution in [0.4, 0.5) is 0 Å². The molecule has 0 atom stereocenters. The van der Waals surface area contributed by atoms with Gasteiger partial charge in [0.05, 0.1) is 4.34 Å². The minimum absolute atomic E-state index is 0. The first kappa shape index (κ1) is 13.3. The zero-order valence-corrected chi connectivity index (χ0v) is 10.9. The Hall–Kier alpha value is 0.200. The molecule has 1 aliphatic heterocycles. The molecule has 1 aromatic heterocycles. The lowest BCUT2D eigenvalue weighted by atomic mass is 10.3. The summed E-state index contributed by atoms with van der Waals surface area (Å²) in [4.78, 5) is 2.47. The van der Waals surface area contributed by atoms with Gasteiger partial charge < -0.3 is 5.32 Å². The average molecular weight is 267 g/mol. The van der Waals surface area contributed by atoms with Gasteiger partial charge in [-0.3, -0.25) is 4.90 Å². The van der Waals surface area contributed by atoms with Crippen LogP contribution in [0.25, 0.3) is 0 Å². The molecule has 1 aliphatic rings. The second-order valence-corrected chi connectivity index (χ2v) is 5.12. The lowest BCUT2D eigenvalue weighted by Crippen LogP contribution is -2.27. The van der Waals surface area contributed by atoms with Gasteiger partial charge in [-0.2, -0.15) is 0 Å². The van der Waals surface area contributed by atoms with Crippen LogP contribution in [0.1, 0.15) is 12.0 Å².